The fourth-order valence-corrected chi connectivity index (χ4v) is 3.59. The Bertz CT molecular complexity index is 521. The number of ether oxygens (including phenoxy) is 2. The van der Waals surface area contributed by atoms with Crippen LogP contribution in [0.1, 0.15) is 36.7 Å². The molecule has 0 aromatic heterocycles. The van der Waals surface area contributed by atoms with Gasteiger partial charge in [0.15, 0.2) is 0 Å². The topological polar surface area (TPSA) is 35.5 Å². The number of cyclic esters (lactones) is 1. The van der Waals surface area contributed by atoms with E-state index >= 15 is 0 Å². The van der Waals surface area contributed by atoms with Gasteiger partial charge in [-0.15, -0.1) is 0 Å². The molecule has 0 spiro atoms. The molecule has 0 amide bonds. The summed E-state index contributed by atoms with van der Waals surface area (Å²) in [5.41, 5.74) is 1.40. The highest BCUT2D eigenvalue weighted by Gasteiger charge is 2.30. The normalized spacial score (nSPS) is 15.2. The third kappa shape index (κ3) is 3.00. The summed E-state index contributed by atoms with van der Waals surface area (Å²) in [5, 5.41) is 1.18. The Morgan fingerprint density at radius 2 is 1.84 bits per heavy atom. The number of hydrogen-bond acceptors (Lipinski definition) is 3. The first-order valence-electron chi connectivity index (χ1n) is 6.61. The maximum absolute atomic E-state index is 11.7. The van der Waals surface area contributed by atoms with Gasteiger partial charge < -0.3 is 9.47 Å². The van der Waals surface area contributed by atoms with Crippen molar-refractivity contribution >= 4 is 19.2 Å². The third-order valence-electron chi connectivity index (χ3n) is 3.01. The molecule has 0 aliphatic carbocycles. The quantitative estimate of drug-likeness (QED) is 0.616. The SMILES string of the molecule is CC(C)(C)Oc1cc2c(cc1[Si](C)(C)C)C(=O)OC2. The van der Waals surface area contributed by atoms with Crippen molar-refractivity contribution in [2.45, 2.75) is 52.6 Å². The van der Waals surface area contributed by atoms with Gasteiger partial charge in [0, 0.05) is 5.56 Å². The van der Waals surface area contributed by atoms with E-state index in [1.165, 1.54) is 5.19 Å². The van der Waals surface area contributed by atoms with Gasteiger partial charge >= 0.3 is 5.97 Å². The molecule has 104 valence electrons. The van der Waals surface area contributed by atoms with Crippen LogP contribution < -0.4 is 9.92 Å². The van der Waals surface area contributed by atoms with E-state index in [2.05, 4.69) is 19.6 Å². The lowest BCUT2D eigenvalue weighted by Crippen LogP contribution is -2.41. The van der Waals surface area contributed by atoms with Crippen LogP contribution in [0.15, 0.2) is 12.1 Å². The maximum atomic E-state index is 11.7. The summed E-state index contributed by atoms with van der Waals surface area (Å²) >= 11 is 0. The second-order valence-corrected chi connectivity index (χ2v) is 12.1. The minimum absolute atomic E-state index is 0.211. The first-order valence-corrected chi connectivity index (χ1v) is 10.1. The highest BCUT2D eigenvalue weighted by Crippen LogP contribution is 2.27. The van der Waals surface area contributed by atoms with E-state index in [4.69, 9.17) is 9.47 Å². The lowest BCUT2D eigenvalue weighted by atomic mass is 10.1. The van der Waals surface area contributed by atoms with Crippen LogP contribution in [0, 0.1) is 0 Å². The van der Waals surface area contributed by atoms with Crippen LogP contribution >= 0.6 is 0 Å². The van der Waals surface area contributed by atoms with Crippen molar-refractivity contribution in [2.24, 2.45) is 0 Å². The molecular formula is C15H22O3Si. The van der Waals surface area contributed by atoms with E-state index in [1.54, 1.807) is 0 Å². The highest BCUT2D eigenvalue weighted by atomic mass is 28.3. The standard InChI is InChI=1S/C15H22O3Si/c1-15(2,3)18-12-7-10-9-17-14(16)11(10)8-13(12)19(4,5)6/h7-8H,9H2,1-6H3. The Morgan fingerprint density at radius 3 is 2.37 bits per heavy atom. The molecule has 0 fully saturated rings. The van der Waals surface area contributed by atoms with E-state index in [0.717, 1.165) is 11.3 Å². The van der Waals surface area contributed by atoms with Crippen molar-refractivity contribution in [3.63, 3.8) is 0 Å². The number of carbonyl (C=O) groups excluding carboxylic acids is 1. The second kappa shape index (κ2) is 4.37. The third-order valence-corrected chi connectivity index (χ3v) is 5.02. The average molecular weight is 278 g/mol. The zero-order valence-corrected chi connectivity index (χ0v) is 13.6. The molecular weight excluding hydrogens is 256 g/mol. The number of carbonyl (C=O) groups is 1. The van der Waals surface area contributed by atoms with Gasteiger partial charge in [0.2, 0.25) is 0 Å². The van der Waals surface area contributed by atoms with Crippen LogP contribution in [0.25, 0.3) is 0 Å². The van der Waals surface area contributed by atoms with E-state index < -0.39 is 8.07 Å². The summed E-state index contributed by atoms with van der Waals surface area (Å²) in [6.07, 6.45) is 0. The molecule has 0 saturated heterocycles. The molecule has 0 bridgehead atoms. The highest BCUT2D eigenvalue weighted by molar-refractivity contribution is 6.89. The van der Waals surface area contributed by atoms with Gasteiger partial charge in [0.25, 0.3) is 0 Å². The van der Waals surface area contributed by atoms with Crippen molar-refractivity contribution in [1.29, 1.82) is 0 Å². The van der Waals surface area contributed by atoms with E-state index in [0.29, 0.717) is 12.2 Å². The van der Waals surface area contributed by atoms with Crippen molar-refractivity contribution in [2.75, 3.05) is 0 Å². The van der Waals surface area contributed by atoms with E-state index in [9.17, 15) is 4.79 Å². The van der Waals surface area contributed by atoms with Gasteiger partial charge in [-0.1, -0.05) is 19.6 Å². The van der Waals surface area contributed by atoms with Crippen LogP contribution in [0.4, 0.5) is 0 Å². The predicted octanol–water partition coefficient (Wildman–Crippen LogP) is 3.08. The Kier molecular flexibility index (Phi) is 3.25. The first kappa shape index (κ1) is 14.1. The molecule has 0 N–H and O–H groups in total. The molecule has 0 radical (unpaired) electrons. The molecule has 2 rings (SSSR count). The van der Waals surface area contributed by atoms with E-state index in [1.807, 2.05) is 32.9 Å². The van der Waals surface area contributed by atoms with Crippen molar-refractivity contribution in [3.05, 3.63) is 23.3 Å². The smallest absolute Gasteiger partial charge is 0.338 e. The fraction of sp³-hybridized carbons (Fsp3) is 0.533. The van der Waals surface area contributed by atoms with Crippen molar-refractivity contribution in [1.82, 2.24) is 0 Å². The van der Waals surface area contributed by atoms with Gasteiger partial charge in [-0.05, 0) is 38.1 Å². The Morgan fingerprint density at radius 1 is 1.21 bits per heavy atom. The van der Waals surface area contributed by atoms with Crippen LogP contribution in [0.2, 0.25) is 19.6 Å². The summed E-state index contributed by atoms with van der Waals surface area (Å²) in [6, 6.07) is 3.97. The van der Waals surface area contributed by atoms with Crippen LogP contribution in [-0.4, -0.2) is 19.6 Å². The molecule has 1 aromatic carbocycles. The van der Waals surface area contributed by atoms with Gasteiger partial charge in [-0.25, -0.2) is 4.79 Å². The summed E-state index contributed by atoms with van der Waals surface area (Å²) in [4.78, 5) is 11.7. The van der Waals surface area contributed by atoms with Gasteiger partial charge in [-0.3, -0.25) is 0 Å². The molecule has 0 unspecified atom stereocenters. The maximum Gasteiger partial charge on any atom is 0.338 e. The number of esters is 1. The van der Waals surface area contributed by atoms with Crippen LogP contribution in [0.5, 0.6) is 5.75 Å². The summed E-state index contributed by atoms with van der Waals surface area (Å²) < 4.78 is 11.2. The zero-order chi connectivity index (χ0) is 14.4. The molecule has 0 saturated carbocycles. The van der Waals surface area contributed by atoms with Crippen LogP contribution in [0.3, 0.4) is 0 Å². The molecule has 3 nitrogen and oxygen atoms in total. The molecule has 0 atom stereocenters. The largest absolute Gasteiger partial charge is 0.488 e. The molecule has 1 heterocycles. The number of fused-ring (bicyclic) bond motifs is 1. The monoisotopic (exact) mass is 278 g/mol. The Labute approximate surface area is 115 Å². The second-order valence-electron chi connectivity index (χ2n) is 7.05. The van der Waals surface area contributed by atoms with Gasteiger partial charge in [0.1, 0.15) is 18.0 Å². The molecule has 19 heavy (non-hydrogen) atoms. The Balaban J connectivity index is 2.56. The first-order chi connectivity index (χ1) is 8.58. The molecule has 1 aromatic rings. The number of rotatable bonds is 2. The zero-order valence-electron chi connectivity index (χ0n) is 12.6. The minimum atomic E-state index is -1.58. The number of hydrogen-bond donors (Lipinski definition) is 0. The summed E-state index contributed by atoms with van der Waals surface area (Å²) in [5.74, 6) is 0.695. The van der Waals surface area contributed by atoms with Crippen molar-refractivity contribution < 1.29 is 14.3 Å². The summed E-state index contributed by atoms with van der Waals surface area (Å²) in [7, 11) is -1.58. The van der Waals surface area contributed by atoms with E-state index in [-0.39, 0.29) is 11.6 Å². The lowest BCUT2D eigenvalue weighted by Gasteiger charge is -2.27. The lowest BCUT2D eigenvalue weighted by molar-refractivity contribution is 0.0535. The van der Waals surface area contributed by atoms with Crippen molar-refractivity contribution in [3.8, 4) is 5.75 Å². The molecule has 1 aliphatic heterocycles. The minimum Gasteiger partial charge on any atom is -0.488 e. The summed E-state index contributed by atoms with van der Waals surface area (Å²) in [6.45, 7) is 13.2. The number of benzene rings is 1. The fourth-order valence-electron chi connectivity index (χ4n) is 2.15. The molecule has 4 heteroatoms. The van der Waals surface area contributed by atoms with Gasteiger partial charge in [0.05, 0.1) is 13.6 Å². The Hall–Kier alpha value is -1.29. The van der Waals surface area contributed by atoms with Crippen LogP contribution in [-0.2, 0) is 11.3 Å². The molecule has 1 aliphatic rings. The van der Waals surface area contributed by atoms with Gasteiger partial charge in [-0.2, -0.15) is 0 Å². The predicted molar refractivity (Wildman–Crippen MR) is 78.9 cm³/mol. The average Bonchev–Trinajstić information content (AvgIpc) is 2.55.